The Balaban J connectivity index is 2.14. The van der Waals surface area contributed by atoms with Crippen LogP contribution in [-0.4, -0.2) is 30.4 Å². The van der Waals surface area contributed by atoms with Gasteiger partial charge >= 0.3 is 0 Å². The van der Waals surface area contributed by atoms with Gasteiger partial charge in [-0.15, -0.1) is 0 Å². The number of nitrogens with zero attached hydrogens (tertiary/aromatic N) is 1. The number of rotatable bonds is 6. The molecule has 0 bridgehead atoms. The topological polar surface area (TPSA) is 46.3 Å². The maximum Gasteiger partial charge on any atom is 0.222 e. The summed E-state index contributed by atoms with van der Waals surface area (Å²) in [6.45, 7) is 9.19. The molecule has 1 aliphatic heterocycles. The third kappa shape index (κ3) is 4.12. The molecule has 1 aliphatic rings. The molecule has 1 atom stereocenters. The summed E-state index contributed by atoms with van der Waals surface area (Å²) >= 11 is 0. The molecule has 0 aromatic heterocycles. The number of hydrogen-bond donors (Lipinski definition) is 1. The highest BCUT2D eigenvalue weighted by molar-refractivity contribution is 5.78. The molecule has 16 heavy (non-hydrogen) atoms. The van der Waals surface area contributed by atoms with E-state index < -0.39 is 0 Å². The number of carbonyl (C=O) groups excluding carboxylic acids is 1. The van der Waals surface area contributed by atoms with E-state index in [-0.39, 0.29) is 5.41 Å². The van der Waals surface area contributed by atoms with Gasteiger partial charge in [-0.25, -0.2) is 0 Å². The Morgan fingerprint density at radius 2 is 2.12 bits per heavy atom. The van der Waals surface area contributed by atoms with Crippen LogP contribution < -0.4 is 5.73 Å². The van der Waals surface area contributed by atoms with Gasteiger partial charge in [-0.05, 0) is 30.7 Å². The van der Waals surface area contributed by atoms with Crippen LogP contribution in [0.15, 0.2) is 0 Å². The minimum atomic E-state index is 0.252. The molecule has 0 aromatic rings. The van der Waals surface area contributed by atoms with Crippen molar-refractivity contribution in [3.8, 4) is 0 Å². The molecule has 3 heteroatoms. The van der Waals surface area contributed by atoms with Crippen LogP contribution in [-0.2, 0) is 4.79 Å². The van der Waals surface area contributed by atoms with Gasteiger partial charge in [0.15, 0.2) is 0 Å². The van der Waals surface area contributed by atoms with Gasteiger partial charge in [0, 0.05) is 19.5 Å². The van der Waals surface area contributed by atoms with Gasteiger partial charge in [-0.2, -0.15) is 0 Å². The van der Waals surface area contributed by atoms with Crippen molar-refractivity contribution in [3.63, 3.8) is 0 Å². The normalized spacial score (nSPS) is 21.9. The van der Waals surface area contributed by atoms with Gasteiger partial charge in [-0.3, -0.25) is 4.79 Å². The molecule has 1 unspecified atom stereocenters. The first kappa shape index (κ1) is 13.5. The molecule has 3 nitrogen and oxygen atoms in total. The van der Waals surface area contributed by atoms with Crippen LogP contribution in [0.3, 0.4) is 0 Å². The SMILES string of the molecule is CC1CC(=O)N(CCCCC(C)(C)CN)C1. The van der Waals surface area contributed by atoms with E-state index >= 15 is 0 Å². The predicted molar refractivity (Wildman–Crippen MR) is 67.0 cm³/mol. The fourth-order valence-electron chi connectivity index (χ4n) is 2.19. The molecule has 1 fully saturated rings. The Hall–Kier alpha value is -0.570. The lowest BCUT2D eigenvalue weighted by atomic mass is 9.87. The summed E-state index contributed by atoms with van der Waals surface area (Å²) in [5.74, 6) is 0.888. The second-order valence-electron chi connectivity index (χ2n) is 5.97. The van der Waals surface area contributed by atoms with Crippen molar-refractivity contribution < 1.29 is 4.79 Å². The predicted octanol–water partition coefficient (Wildman–Crippen LogP) is 2.01. The third-order valence-corrected chi connectivity index (χ3v) is 3.49. The molecule has 0 aliphatic carbocycles. The summed E-state index contributed by atoms with van der Waals surface area (Å²) in [4.78, 5) is 13.6. The second kappa shape index (κ2) is 5.67. The maximum atomic E-state index is 11.5. The van der Waals surface area contributed by atoms with Crippen molar-refractivity contribution in [2.45, 2.75) is 46.5 Å². The Labute approximate surface area is 99.4 Å². The first-order valence-electron chi connectivity index (χ1n) is 6.42. The molecule has 2 N–H and O–H groups in total. The molecule has 0 aromatic carbocycles. The van der Waals surface area contributed by atoms with Crippen molar-refractivity contribution in [2.75, 3.05) is 19.6 Å². The van der Waals surface area contributed by atoms with E-state index in [9.17, 15) is 4.79 Å². The number of unbranched alkanes of at least 4 members (excludes halogenated alkanes) is 1. The van der Waals surface area contributed by atoms with Gasteiger partial charge in [-0.1, -0.05) is 27.2 Å². The van der Waals surface area contributed by atoms with E-state index in [1.807, 2.05) is 4.90 Å². The number of likely N-dealkylation sites (tertiary alicyclic amines) is 1. The second-order valence-corrected chi connectivity index (χ2v) is 5.97. The van der Waals surface area contributed by atoms with Crippen molar-refractivity contribution in [3.05, 3.63) is 0 Å². The Bertz CT molecular complexity index is 238. The number of amides is 1. The number of carbonyl (C=O) groups is 1. The highest BCUT2D eigenvalue weighted by Gasteiger charge is 2.25. The maximum absolute atomic E-state index is 11.5. The lowest BCUT2D eigenvalue weighted by molar-refractivity contribution is -0.127. The van der Waals surface area contributed by atoms with Gasteiger partial charge in [0.1, 0.15) is 0 Å². The standard InChI is InChI=1S/C13H26N2O/c1-11-8-12(16)15(9-11)7-5-4-6-13(2,3)10-14/h11H,4-10,14H2,1-3H3. The van der Waals surface area contributed by atoms with Crippen molar-refractivity contribution in [1.29, 1.82) is 0 Å². The smallest absolute Gasteiger partial charge is 0.222 e. The van der Waals surface area contributed by atoms with E-state index in [0.717, 1.165) is 38.9 Å². The van der Waals surface area contributed by atoms with Crippen LogP contribution in [0.25, 0.3) is 0 Å². The summed E-state index contributed by atoms with van der Waals surface area (Å²) in [6, 6.07) is 0. The van der Waals surface area contributed by atoms with Gasteiger partial charge in [0.05, 0.1) is 0 Å². The molecular formula is C13H26N2O. The minimum absolute atomic E-state index is 0.252. The van der Waals surface area contributed by atoms with Crippen LogP contribution in [0.4, 0.5) is 0 Å². The van der Waals surface area contributed by atoms with Crippen molar-refractivity contribution >= 4 is 5.91 Å². The first-order chi connectivity index (χ1) is 7.44. The van der Waals surface area contributed by atoms with Gasteiger partial charge in [0.2, 0.25) is 5.91 Å². The zero-order valence-corrected chi connectivity index (χ0v) is 11.0. The average molecular weight is 226 g/mol. The third-order valence-electron chi connectivity index (χ3n) is 3.49. The Kier molecular flexibility index (Phi) is 4.78. The quantitative estimate of drug-likeness (QED) is 0.704. The van der Waals surface area contributed by atoms with E-state index in [1.54, 1.807) is 0 Å². The molecule has 1 saturated heterocycles. The molecule has 0 radical (unpaired) electrons. The molecule has 0 spiro atoms. The fourth-order valence-corrected chi connectivity index (χ4v) is 2.19. The Morgan fingerprint density at radius 1 is 1.44 bits per heavy atom. The highest BCUT2D eigenvalue weighted by atomic mass is 16.2. The van der Waals surface area contributed by atoms with Crippen LogP contribution in [0, 0.1) is 11.3 Å². The summed E-state index contributed by atoms with van der Waals surface area (Å²) in [7, 11) is 0. The van der Waals surface area contributed by atoms with Gasteiger partial charge in [0.25, 0.3) is 0 Å². The van der Waals surface area contributed by atoms with E-state index in [4.69, 9.17) is 5.73 Å². The monoisotopic (exact) mass is 226 g/mol. The Morgan fingerprint density at radius 3 is 2.62 bits per heavy atom. The van der Waals surface area contributed by atoms with Gasteiger partial charge < -0.3 is 10.6 Å². The van der Waals surface area contributed by atoms with E-state index in [2.05, 4.69) is 20.8 Å². The summed E-state index contributed by atoms with van der Waals surface area (Å²) in [5, 5.41) is 0. The molecule has 1 heterocycles. The number of hydrogen-bond acceptors (Lipinski definition) is 2. The molecule has 0 saturated carbocycles. The van der Waals surface area contributed by atoms with Crippen molar-refractivity contribution in [2.24, 2.45) is 17.1 Å². The van der Waals surface area contributed by atoms with Crippen LogP contribution in [0.2, 0.25) is 0 Å². The minimum Gasteiger partial charge on any atom is -0.342 e. The molecular weight excluding hydrogens is 200 g/mol. The zero-order valence-electron chi connectivity index (χ0n) is 11.0. The molecule has 1 amide bonds. The largest absolute Gasteiger partial charge is 0.342 e. The highest BCUT2D eigenvalue weighted by Crippen LogP contribution is 2.22. The fraction of sp³-hybridized carbons (Fsp3) is 0.923. The summed E-state index contributed by atoms with van der Waals surface area (Å²) < 4.78 is 0. The summed E-state index contributed by atoms with van der Waals surface area (Å²) in [6.07, 6.45) is 4.18. The molecule has 94 valence electrons. The lowest BCUT2D eigenvalue weighted by Crippen LogP contribution is -2.27. The summed E-state index contributed by atoms with van der Waals surface area (Å²) in [5.41, 5.74) is 5.94. The molecule has 1 rings (SSSR count). The lowest BCUT2D eigenvalue weighted by Gasteiger charge is -2.23. The number of nitrogens with two attached hydrogens (primary N) is 1. The zero-order chi connectivity index (χ0) is 12.2. The van der Waals surface area contributed by atoms with Crippen LogP contribution in [0.1, 0.15) is 46.5 Å². The van der Waals surface area contributed by atoms with E-state index in [1.165, 1.54) is 6.42 Å². The van der Waals surface area contributed by atoms with E-state index in [0.29, 0.717) is 11.8 Å². The first-order valence-corrected chi connectivity index (χ1v) is 6.42. The van der Waals surface area contributed by atoms with Crippen molar-refractivity contribution in [1.82, 2.24) is 4.90 Å². The average Bonchev–Trinajstić information content (AvgIpc) is 2.52. The van der Waals surface area contributed by atoms with Crippen LogP contribution in [0.5, 0.6) is 0 Å². The van der Waals surface area contributed by atoms with Crippen LogP contribution >= 0.6 is 0 Å².